The van der Waals surface area contributed by atoms with Crippen LogP contribution in [0.4, 0.5) is 0 Å². The van der Waals surface area contributed by atoms with E-state index in [-0.39, 0.29) is 5.91 Å². The van der Waals surface area contributed by atoms with Gasteiger partial charge in [0.25, 0.3) is 5.91 Å². The van der Waals surface area contributed by atoms with E-state index in [9.17, 15) is 4.79 Å². The molecular formula is C20H19N5O. The van der Waals surface area contributed by atoms with Gasteiger partial charge in [-0.2, -0.15) is 10.2 Å². The van der Waals surface area contributed by atoms with Crippen molar-refractivity contribution in [2.24, 2.45) is 0 Å². The number of H-pyrrole nitrogens is 1. The molecule has 4 rings (SSSR count). The molecule has 0 saturated heterocycles. The van der Waals surface area contributed by atoms with Gasteiger partial charge < -0.3 is 5.32 Å². The monoisotopic (exact) mass is 345 g/mol. The van der Waals surface area contributed by atoms with Crippen LogP contribution in [0.15, 0.2) is 60.9 Å². The number of fused-ring (bicyclic) bond motifs is 1. The fraction of sp³-hybridized carbons (Fsp3) is 0.150. The number of carbonyl (C=O) groups is 1. The van der Waals surface area contributed by atoms with Gasteiger partial charge in [0.15, 0.2) is 5.69 Å². The number of aryl methyl sites for hydroxylation is 1. The van der Waals surface area contributed by atoms with Crippen LogP contribution in [0.25, 0.3) is 16.6 Å². The molecule has 0 atom stereocenters. The van der Waals surface area contributed by atoms with Crippen molar-refractivity contribution in [1.82, 2.24) is 25.3 Å². The SMILES string of the molecule is Cc1ccc2[nH]nc(C(=O)NCCc3ccc(-n4cccn4)cc3)c2c1. The molecule has 0 fully saturated rings. The number of aromatic amines is 1. The molecule has 2 N–H and O–H groups in total. The first-order chi connectivity index (χ1) is 12.7. The summed E-state index contributed by atoms with van der Waals surface area (Å²) < 4.78 is 1.82. The molecule has 0 aliphatic heterocycles. The number of carbonyl (C=O) groups excluding carboxylic acids is 1. The first-order valence-corrected chi connectivity index (χ1v) is 8.52. The largest absolute Gasteiger partial charge is 0.350 e. The average molecular weight is 345 g/mol. The fourth-order valence-electron chi connectivity index (χ4n) is 2.94. The molecule has 6 heteroatoms. The van der Waals surface area contributed by atoms with Gasteiger partial charge in [0.1, 0.15) is 0 Å². The van der Waals surface area contributed by atoms with Crippen LogP contribution in [0.5, 0.6) is 0 Å². The van der Waals surface area contributed by atoms with E-state index < -0.39 is 0 Å². The second-order valence-corrected chi connectivity index (χ2v) is 6.24. The highest BCUT2D eigenvalue weighted by atomic mass is 16.1. The minimum atomic E-state index is -0.157. The molecule has 1 amide bonds. The summed E-state index contributed by atoms with van der Waals surface area (Å²) >= 11 is 0. The highest BCUT2D eigenvalue weighted by Crippen LogP contribution is 2.17. The van der Waals surface area contributed by atoms with Gasteiger partial charge in [-0.15, -0.1) is 0 Å². The molecule has 0 radical (unpaired) electrons. The molecule has 0 spiro atoms. The molecular weight excluding hydrogens is 326 g/mol. The minimum absolute atomic E-state index is 0.157. The molecule has 130 valence electrons. The van der Waals surface area contributed by atoms with Crippen molar-refractivity contribution in [2.75, 3.05) is 6.54 Å². The van der Waals surface area contributed by atoms with Gasteiger partial charge >= 0.3 is 0 Å². The van der Waals surface area contributed by atoms with Gasteiger partial charge in [0, 0.05) is 24.3 Å². The van der Waals surface area contributed by atoms with Crippen LogP contribution in [-0.4, -0.2) is 32.4 Å². The van der Waals surface area contributed by atoms with Crippen molar-refractivity contribution >= 4 is 16.8 Å². The molecule has 0 aliphatic carbocycles. The van der Waals surface area contributed by atoms with Crippen molar-refractivity contribution in [2.45, 2.75) is 13.3 Å². The number of aromatic nitrogens is 4. The first-order valence-electron chi connectivity index (χ1n) is 8.52. The third kappa shape index (κ3) is 3.21. The second-order valence-electron chi connectivity index (χ2n) is 6.24. The summed E-state index contributed by atoms with van der Waals surface area (Å²) in [7, 11) is 0. The Balaban J connectivity index is 1.38. The zero-order chi connectivity index (χ0) is 17.9. The fourth-order valence-corrected chi connectivity index (χ4v) is 2.94. The zero-order valence-electron chi connectivity index (χ0n) is 14.4. The molecule has 4 aromatic rings. The molecule has 0 saturated carbocycles. The van der Waals surface area contributed by atoms with E-state index in [0.29, 0.717) is 12.2 Å². The van der Waals surface area contributed by atoms with Crippen molar-refractivity contribution in [3.63, 3.8) is 0 Å². The van der Waals surface area contributed by atoms with Crippen molar-refractivity contribution in [3.05, 3.63) is 77.7 Å². The Morgan fingerprint density at radius 1 is 1.19 bits per heavy atom. The maximum absolute atomic E-state index is 12.4. The topological polar surface area (TPSA) is 75.6 Å². The molecule has 2 aromatic carbocycles. The average Bonchev–Trinajstić information content (AvgIpc) is 3.32. The summed E-state index contributed by atoms with van der Waals surface area (Å²) in [5, 5.41) is 15.1. The third-order valence-corrected chi connectivity index (χ3v) is 4.34. The molecule has 26 heavy (non-hydrogen) atoms. The lowest BCUT2D eigenvalue weighted by Crippen LogP contribution is -2.26. The van der Waals surface area contributed by atoms with E-state index in [1.54, 1.807) is 6.20 Å². The van der Waals surface area contributed by atoms with E-state index in [4.69, 9.17) is 0 Å². The van der Waals surface area contributed by atoms with Crippen LogP contribution < -0.4 is 5.32 Å². The Labute approximate surface area is 150 Å². The van der Waals surface area contributed by atoms with E-state index in [1.165, 1.54) is 0 Å². The van der Waals surface area contributed by atoms with Crippen LogP contribution in [0.2, 0.25) is 0 Å². The Kier molecular flexibility index (Phi) is 4.23. The Morgan fingerprint density at radius 3 is 2.81 bits per heavy atom. The van der Waals surface area contributed by atoms with Crippen LogP contribution in [0.3, 0.4) is 0 Å². The standard InChI is InChI=1S/C20H19N5O/c1-14-3-8-18-17(13-14)19(24-23-18)20(26)21-11-9-15-4-6-16(7-5-15)25-12-2-10-22-25/h2-8,10,12-13H,9,11H2,1H3,(H,21,26)(H,23,24). The number of rotatable bonds is 5. The minimum Gasteiger partial charge on any atom is -0.350 e. The Bertz CT molecular complexity index is 1030. The molecule has 0 unspecified atom stereocenters. The smallest absolute Gasteiger partial charge is 0.272 e. The van der Waals surface area contributed by atoms with Gasteiger partial charge in [0.05, 0.1) is 11.2 Å². The van der Waals surface area contributed by atoms with E-state index in [2.05, 4.69) is 32.7 Å². The predicted octanol–water partition coefficient (Wildman–Crippen LogP) is 3.03. The summed E-state index contributed by atoms with van der Waals surface area (Å²) in [6.07, 6.45) is 4.42. The number of hydrogen-bond acceptors (Lipinski definition) is 3. The Hall–Kier alpha value is -3.41. The summed E-state index contributed by atoms with van der Waals surface area (Å²) in [4.78, 5) is 12.4. The molecule has 0 bridgehead atoms. The summed E-state index contributed by atoms with van der Waals surface area (Å²) in [5.74, 6) is -0.157. The van der Waals surface area contributed by atoms with Gasteiger partial charge in [-0.25, -0.2) is 4.68 Å². The lowest BCUT2D eigenvalue weighted by atomic mass is 10.1. The lowest BCUT2D eigenvalue weighted by Gasteiger charge is -2.06. The van der Waals surface area contributed by atoms with Gasteiger partial charge in [-0.05, 0) is 49.2 Å². The predicted molar refractivity (Wildman–Crippen MR) is 100 cm³/mol. The van der Waals surface area contributed by atoms with E-state index in [0.717, 1.165) is 34.1 Å². The normalized spacial score (nSPS) is 11.0. The maximum Gasteiger partial charge on any atom is 0.272 e. The molecule has 0 aliphatic rings. The van der Waals surface area contributed by atoms with E-state index >= 15 is 0 Å². The number of nitrogens with zero attached hydrogens (tertiary/aromatic N) is 3. The van der Waals surface area contributed by atoms with Gasteiger partial charge in [-0.3, -0.25) is 9.89 Å². The first kappa shape index (κ1) is 16.1. The third-order valence-electron chi connectivity index (χ3n) is 4.34. The van der Waals surface area contributed by atoms with Crippen LogP contribution in [0, 0.1) is 6.92 Å². The number of benzene rings is 2. The number of nitrogens with one attached hydrogen (secondary N) is 2. The van der Waals surface area contributed by atoms with Crippen molar-refractivity contribution in [1.29, 1.82) is 0 Å². The zero-order valence-corrected chi connectivity index (χ0v) is 14.4. The highest BCUT2D eigenvalue weighted by Gasteiger charge is 2.13. The Morgan fingerprint density at radius 2 is 2.04 bits per heavy atom. The second kappa shape index (κ2) is 6.84. The molecule has 2 aromatic heterocycles. The number of amides is 1. The summed E-state index contributed by atoms with van der Waals surface area (Å²) in [6.45, 7) is 2.56. The van der Waals surface area contributed by atoms with Gasteiger partial charge in [-0.1, -0.05) is 23.8 Å². The van der Waals surface area contributed by atoms with E-state index in [1.807, 2.05) is 54.2 Å². The lowest BCUT2D eigenvalue weighted by molar-refractivity contribution is 0.0950. The van der Waals surface area contributed by atoms with Crippen molar-refractivity contribution < 1.29 is 4.79 Å². The van der Waals surface area contributed by atoms with Crippen LogP contribution in [-0.2, 0) is 6.42 Å². The summed E-state index contributed by atoms with van der Waals surface area (Å²) in [5.41, 5.74) is 4.59. The number of hydrogen-bond donors (Lipinski definition) is 2. The van der Waals surface area contributed by atoms with Gasteiger partial charge in [0.2, 0.25) is 0 Å². The summed E-state index contributed by atoms with van der Waals surface area (Å²) in [6, 6.07) is 15.9. The molecule has 6 nitrogen and oxygen atoms in total. The van der Waals surface area contributed by atoms with Crippen LogP contribution >= 0.6 is 0 Å². The van der Waals surface area contributed by atoms with Crippen LogP contribution in [0.1, 0.15) is 21.6 Å². The maximum atomic E-state index is 12.4. The quantitative estimate of drug-likeness (QED) is 0.584. The molecule has 2 heterocycles. The highest BCUT2D eigenvalue weighted by molar-refractivity contribution is 6.04. The van der Waals surface area contributed by atoms with Crippen molar-refractivity contribution in [3.8, 4) is 5.69 Å².